The van der Waals surface area contributed by atoms with E-state index in [-0.39, 0.29) is 5.91 Å². The SMILES string of the molecule is COc1ccc(CCN2C(=O)/C(=C\c3ccc(-c4c(Cl)cccc4Cl)o3)SC2=S)cc1. The molecular weight excluding hydrogens is 473 g/mol. The molecule has 0 radical (unpaired) electrons. The third-order valence-corrected chi connectivity index (χ3v) is 6.77. The van der Waals surface area contributed by atoms with E-state index in [1.165, 1.54) is 11.8 Å². The average Bonchev–Trinajstić information content (AvgIpc) is 3.31. The number of ether oxygens (including phenoxy) is 1. The third-order valence-electron chi connectivity index (χ3n) is 4.77. The van der Waals surface area contributed by atoms with Crippen LogP contribution in [0, 0.1) is 0 Å². The number of hydrogen-bond donors (Lipinski definition) is 0. The first-order valence-electron chi connectivity index (χ1n) is 9.39. The fourth-order valence-corrected chi connectivity index (χ4v) is 5.03. The van der Waals surface area contributed by atoms with Gasteiger partial charge < -0.3 is 9.15 Å². The lowest BCUT2D eigenvalue weighted by Crippen LogP contribution is -2.30. The molecule has 0 spiro atoms. The molecule has 0 atom stereocenters. The molecular formula is C23H17Cl2NO3S2. The predicted octanol–water partition coefficient (Wildman–Crippen LogP) is 6.71. The van der Waals surface area contributed by atoms with Gasteiger partial charge in [-0.1, -0.05) is 65.4 Å². The summed E-state index contributed by atoms with van der Waals surface area (Å²) in [6.07, 6.45) is 2.39. The van der Waals surface area contributed by atoms with Gasteiger partial charge in [-0.15, -0.1) is 0 Å². The Balaban J connectivity index is 1.47. The summed E-state index contributed by atoms with van der Waals surface area (Å²) in [4.78, 5) is 15.0. The number of nitrogens with zero attached hydrogens (tertiary/aromatic N) is 1. The molecule has 158 valence electrons. The standard InChI is InChI=1S/C23H17Cl2NO3S2/c1-28-15-7-5-14(6-8-15)11-12-26-22(27)20(31-23(26)30)13-16-9-10-19(29-16)21-17(24)3-2-4-18(21)25/h2-10,13H,11-12H2,1H3/b20-13+. The lowest BCUT2D eigenvalue weighted by atomic mass is 10.1. The number of rotatable bonds is 6. The third kappa shape index (κ3) is 4.83. The lowest BCUT2D eigenvalue weighted by Gasteiger charge is -2.14. The molecule has 0 saturated carbocycles. The molecule has 0 aliphatic carbocycles. The molecule has 4 rings (SSSR count). The maximum atomic E-state index is 12.9. The number of carbonyl (C=O) groups is 1. The van der Waals surface area contributed by atoms with Crippen LogP contribution in [0.3, 0.4) is 0 Å². The van der Waals surface area contributed by atoms with Gasteiger partial charge in [0.05, 0.1) is 27.6 Å². The largest absolute Gasteiger partial charge is 0.497 e. The highest BCUT2D eigenvalue weighted by molar-refractivity contribution is 8.26. The monoisotopic (exact) mass is 489 g/mol. The molecule has 8 heteroatoms. The van der Waals surface area contributed by atoms with Crippen LogP contribution in [0.15, 0.2) is 63.9 Å². The number of halogens is 2. The first kappa shape index (κ1) is 22.0. The number of amides is 1. The Labute approximate surface area is 199 Å². The van der Waals surface area contributed by atoms with Crippen molar-refractivity contribution in [3.63, 3.8) is 0 Å². The van der Waals surface area contributed by atoms with E-state index in [9.17, 15) is 4.79 Å². The van der Waals surface area contributed by atoms with E-state index in [1.807, 2.05) is 24.3 Å². The second kappa shape index (κ2) is 9.49. The second-order valence-corrected chi connectivity index (χ2v) is 9.22. The van der Waals surface area contributed by atoms with Crippen LogP contribution in [-0.4, -0.2) is 28.8 Å². The molecule has 1 aliphatic heterocycles. The summed E-state index contributed by atoms with van der Waals surface area (Å²) in [5, 5.41) is 0.997. The number of hydrogen-bond acceptors (Lipinski definition) is 5. The minimum Gasteiger partial charge on any atom is -0.497 e. The maximum Gasteiger partial charge on any atom is 0.266 e. The summed E-state index contributed by atoms with van der Waals surface area (Å²) in [6, 6.07) is 16.6. The number of methoxy groups -OCH3 is 1. The highest BCUT2D eigenvalue weighted by Crippen LogP contribution is 2.37. The van der Waals surface area contributed by atoms with Gasteiger partial charge in [-0.05, 0) is 48.4 Å². The van der Waals surface area contributed by atoms with E-state index in [1.54, 1.807) is 48.4 Å². The highest BCUT2D eigenvalue weighted by atomic mass is 35.5. The van der Waals surface area contributed by atoms with Gasteiger partial charge in [0.25, 0.3) is 5.91 Å². The molecule has 4 nitrogen and oxygen atoms in total. The first-order chi connectivity index (χ1) is 15.0. The van der Waals surface area contributed by atoms with E-state index >= 15 is 0 Å². The molecule has 31 heavy (non-hydrogen) atoms. The number of furan rings is 1. The topological polar surface area (TPSA) is 42.7 Å². The van der Waals surface area contributed by atoms with Gasteiger partial charge in [0.2, 0.25) is 0 Å². The number of carbonyl (C=O) groups excluding carboxylic acids is 1. The molecule has 0 bridgehead atoms. The molecule has 0 N–H and O–H groups in total. The van der Waals surface area contributed by atoms with Gasteiger partial charge in [0.1, 0.15) is 21.6 Å². The van der Waals surface area contributed by atoms with Crippen molar-refractivity contribution in [1.29, 1.82) is 0 Å². The van der Waals surface area contributed by atoms with Crippen LogP contribution < -0.4 is 4.74 Å². The fourth-order valence-electron chi connectivity index (χ4n) is 3.15. The van der Waals surface area contributed by atoms with Crippen molar-refractivity contribution in [3.8, 4) is 17.1 Å². The van der Waals surface area contributed by atoms with Crippen LogP contribution in [0.5, 0.6) is 5.75 Å². The molecule has 1 saturated heterocycles. The zero-order valence-corrected chi connectivity index (χ0v) is 19.6. The van der Waals surface area contributed by atoms with E-state index < -0.39 is 0 Å². The smallest absolute Gasteiger partial charge is 0.266 e. The number of thiocarbonyl (C=S) groups is 1. The zero-order chi connectivity index (χ0) is 22.0. The summed E-state index contributed by atoms with van der Waals surface area (Å²) >= 11 is 19.2. The van der Waals surface area contributed by atoms with E-state index in [4.69, 9.17) is 44.6 Å². The zero-order valence-electron chi connectivity index (χ0n) is 16.4. The average molecular weight is 490 g/mol. The highest BCUT2D eigenvalue weighted by Gasteiger charge is 2.32. The van der Waals surface area contributed by atoms with Crippen LogP contribution in [0.2, 0.25) is 10.0 Å². The Hall–Kier alpha value is -2.25. The fraction of sp³-hybridized carbons (Fsp3) is 0.130. The van der Waals surface area contributed by atoms with E-state index in [0.717, 1.165) is 11.3 Å². The van der Waals surface area contributed by atoms with Crippen LogP contribution in [0.25, 0.3) is 17.4 Å². The van der Waals surface area contributed by atoms with Gasteiger partial charge in [-0.2, -0.15) is 0 Å². The minimum atomic E-state index is -0.128. The number of benzene rings is 2. The van der Waals surface area contributed by atoms with Gasteiger partial charge in [0.15, 0.2) is 0 Å². The van der Waals surface area contributed by atoms with E-state index in [0.29, 0.717) is 49.3 Å². The van der Waals surface area contributed by atoms with Crippen molar-refractivity contribution in [2.45, 2.75) is 6.42 Å². The van der Waals surface area contributed by atoms with Crippen LogP contribution >= 0.6 is 47.2 Å². The van der Waals surface area contributed by atoms with Crippen LogP contribution in [-0.2, 0) is 11.2 Å². The molecule has 0 unspecified atom stereocenters. The first-order valence-corrected chi connectivity index (χ1v) is 11.4. The van der Waals surface area contributed by atoms with Crippen LogP contribution in [0.1, 0.15) is 11.3 Å². The van der Waals surface area contributed by atoms with Crippen molar-refractivity contribution in [3.05, 3.63) is 80.9 Å². The van der Waals surface area contributed by atoms with Crippen molar-refractivity contribution < 1.29 is 13.9 Å². The van der Waals surface area contributed by atoms with Crippen molar-refractivity contribution in [2.24, 2.45) is 0 Å². The summed E-state index contributed by atoms with van der Waals surface area (Å²) in [7, 11) is 1.63. The molecule has 2 heterocycles. The predicted molar refractivity (Wildman–Crippen MR) is 131 cm³/mol. The number of thioether (sulfide) groups is 1. The Morgan fingerprint density at radius 3 is 2.48 bits per heavy atom. The summed E-state index contributed by atoms with van der Waals surface area (Å²) < 4.78 is 11.6. The molecule has 1 fully saturated rings. The second-order valence-electron chi connectivity index (χ2n) is 6.73. The minimum absolute atomic E-state index is 0.128. The molecule has 1 aliphatic rings. The summed E-state index contributed by atoms with van der Waals surface area (Å²) in [5.74, 6) is 1.74. The van der Waals surface area contributed by atoms with Gasteiger partial charge in [-0.25, -0.2) is 0 Å². The summed E-state index contributed by atoms with van der Waals surface area (Å²) in [6.45, 7) is 0.507. The van der Waals surface area contributed by atoms with Crippen LogP contribution in [0.4, 0.5) is 0 Å². The van der Waals surface area contributed by atoms with Gasteiger partial charge in [0, 0.05) is 12.6 Å². The molecule has 3 aromatic rings. The van der Waals surface area contributed by atoms with Crippen molar-refractivity contribution >= 4 is 63.5 Å². The molecule has 1 amide bonds. The lowest BCUT2D eigenvalue weighted by molar-refractivity contribution is -0.122. The quantitative estimate of drug-likeness (QED) is 0.284. The van der Waals surface area contributed by atoms with Gasteiger partial charge >= 0.3 is 0 Å². The Morgan fingerprint density at radius 1 is 1.10 bits per heavy atom. The van der Waals surface area contributed by atoms with Gasteiger partial charge in [-0.3, -0.25) is 9.69 Å². The normalized spacial score (nSPS) is 15.2. The Morgan fingerprint density at radius 2 is 1.81 bits per heavy atom. The van der Waals surface area contributed by atoms with Crippen molar-refractivity contribution in [2.75, 3.05) is 13.7 Å². The Bertz CT molecular complexity index is 1150. The Kier molecular flexibility index (Phi) is 6.72. The molecule has 1 aromatic heterocycles. The molecule has 2 aromatic carbocycles. The van der Waals surface area contributed by atoms with Crippen molar-refractivity contribution in [1.82, 2.24) is 4.90 Å². The summed E-state index contributed by atoms with van der Waals surface area (Å²) in [5.41, 5.74) is 1.73. The van der Waals surface area contributed by atoms with E-state index in [2.05, 4.69) is 0 Å². The maximum absolute atomic E-state index is 12.9.